The van der Waals surface area contributed by atoms with Crippen LogP contribution in [0.4, 0.5) is 0 Å². The van der Waals surface area contributed by atoms with E-state index in [1.54, 1.807) is 0 Å². The Balaban J connectivity index is 1.58. The van der Waals surface area contributed by atoms with E-state index in [4.69, 9.17) is 9.47 Å². The van der Waals surface area contributed by atoms with E-state index in [1.807, 2.05) is 49.5 Å². The molecule has 0 saturated heterocycles. The highest BCUT2D eigenvalue weighted by Gasteiger charge is 2.06. The zero-order valence-electron chi connectivity index (χ0n) is 14.7. The Morgan fingerprint density at radius 3 is 2.23 bits per heavy atom. The first-order valence-electron chi connectivity index (χ1n) is 8.61. The number of hydrogen-bond donors (Lipinski definition) is 1. The molecule has 3 aromatic carbocycles. The lowest BCUT2D eigenvalue weighted by Crippen LogP contribution is -2.10. The van der Waals surface area contributed by atoms with Crippen LogP contribution in [0.15, 0.2) is 77.3 Å². The summed E-state index contributed by atoms with van der Waals surface area (Å²) in [5.41, 5.74) is 3.44. The average molecular weight is 412 g/mol. The van der Waals surface area contributed by atoms with Crippen molar-refractivity contribution < 1.29 is 9.47 Å². The zero-order valence-corrected chi connectivity index (χ0v) is 16.3. The van der Waals surface area contributed by atoms with Gasteiger partial charge in [0.15, 0.2) is 0 Å². The van der Waals surface area contributed by atoms with E-state index in [-0.39, 0.29) is 0 Å². The molecule has 4 heteroatoms. The lowest BCUT2D eigenvalue weighted by molar-refractivity contribution is 0.217. The van der Waals surface area contributed by atoms with Gasteiger partial charge in [-0.05, 0) is 52.3 Å². The zero-order chi connectivity index (χ0) is 18.2. The third-order valence-corrected chi connectivity index (χ3v) is 4.57. The van der Waals surface area contributed by atoms with Gasteiger partial charge in [0.05, 0.1) is 4.47 Å². The summed E-state index contributed by atoms with van der Waals surface area (Å²) in [6.45, 7) is 1.79. The highest BCUT2D eigenvalue weighted by molar-refractivity contribution is 9.10. The molecule has 0 unspecified atom stereocenters. The highest BCUT2D eigenvalue weighted by atomic mass is 79.9. The van der Waals surface area contributed by atoms with E-state index >= 15 is 0 Å². The second-order valence-electron chi connectivity index (χ2n) is 5.85. The monoisotopic (exact) mass is 411 g/mol. The fraction of sp³-hybridized carbons (Fsp3) is 0.182. The van der Waals surface area contributed by atoms with Gasteiger partial charge in [-0.1, -0.05) is 54.6 Å². The standard InChI is InChI=1S/C22H22BrNO2/c1-24-16-17-11-12-22(20(23)15-17)26-14-13-25-21-10-6-5-9-19(21)18-7-3-2-4-8-18/h2-12,15,24H,13-14,16H2,1H3. The van der Waals surface area contributed by atoms with Crippen molar-refractivity contribution in [2.75, 3.05) is 20.3 Å². The first-order valence-corrected chi connectivity index (χ1v) is 9.40. The molecule has 1 N–H and O–H groups in total. The Labute approximate surface area is 163 Å². The second-order valence-corrected chi connectivity index (χ2v) is 6.71. The summed E-state index contributed by atoms with van der Waals surface area (Å²) in [4.78, 5) is 0. The number of ether oxygens (including phenoxy) is 2. The smallest absolute Gasteiger partial charge is 0.133 e. The van der Waals surface area contributed by atoms with Gasteiger partial charge >= 0.3 is 0 Å². The second kappa shape index (κ2) is 9.41. The molecular formula is C22H22BrNO2. The molecule has 0 bridgehead atoms. The summed E-state index contributed by atoms with van der Waals surface area (Å²) in [5, 5.41) is 3.14. The van der Waals surface area contributed by atoms with E-state index in [9.17, 15) is 0 Å². The number of para-hydroxylation sites is 1. The van der Waals surface area contributed by atoms with Crippen LogP contribution in [0.5, 0.6) is 11.5 Å². The predicted octanol–water partition coefficient (Wildman–Crippen LogP) is 5.29. The molecule has 0 fully saturated rings. The van der Waals surface area contributed by atoms with Crippen molar-refractivity contribution >= 4 is 15.9 Å². The summed E-state index contributed by atoms with van der Waals surface area (Å²) < 4.78 is 12.8. The summed E-state index contributed by atoms with van der Waals surface area (Å²) in [6.07, 6.45) is 0. The van der Waals surface area contributed by atoms with Crippen LogP contribution >= 0.6 is 15.9 Å². The number of hydrogen-bond acceptors (Lipinski definition) is 3. The Morgan fingerprint density at radius 2 is 1.50 bits per heavy atom. The van der Waals surface area contributed by atoms with Gasteiger partial charge in [-0.3, -0.25) is 0 Å². The molecule has 3 nitrogen and oxygen atoms in total. The van der Waals surface area contributed by atoms with Crippen LogP contribution in [0.2, 0.25) is 0 Å². The topological polar surface area (TPSA) is 30.5 Å². The predicted molar refractivity (Wildman–Crippen MR) is 110 cm³/mol. The molecule has 0 spiro atoms. The Bertz CT molecular complexity index is 837. The van der Waals surface area contributed by atoms with Crippen molar-refractivity contribution in [1.29, 1.82) is 0 Å². The maximum absolute atomic E-state index is 5.97. The maximum Gasteiger partial charge on any atom is 0.133 e. The van der Waals surface area contributed by atoms with Crippen LogP contribution in [-0.2, 0) is 6.54 Å². The average Bonchev–Trinajstić information content (AvgIpc) is 2.68. The molecule has 0 radical (unpaired) electrons. The van der Waals surface area contributed by atoms with Gasteiger partial charge in [-0.25, -0.2) is 0 Å². The maximum atomic E-state index is 5.97. The lowest BCUT2D eigenvalue weighted by atomic mass is 10.1. The molecule has 134 valence electrons. The summed E-state index contributed by atoms with van der Waals surface area (Å²) in [5.74, 6) is 1.69. The van der Waals surface area contributed by atoms with Crippen LogP contribution in [0.1, 0.15) is 5.56 Å². The van der Waals surface area contributed by atoms with E-state index in [0.717, 1.165) is 33.6 Å². The third kappa shape index (κ3) is 4.87. The van der Waals surface area contributed by atoms with Crippen LogP contribution in [-0.4, -0.2) is 20.3 Å². The van der Waals surface area contributed by atoms with Crippen molar-refractivity contribution in [2.24, 2.45) is 0 Å². The van der Waals surface area contributed by atoms with Crippen molar-refractivity contribution in [1.82, 2.24) is 5.32 Å². The minimum absolute atomic E-state index is 0.479. The number of nitrogens with one attached hydrogen (secondary N) is 1. The van der Waals surface area contributed by atoms with Crippen LogP contribution in [0.3, 0.4) is 0 Å². The van der Waals surface area contributed by atoms with Gasteiger partial charge in [0.2, 0.25) is 0 Å². The fourth-order valence-electron chi connectivity index (χ4n) is 2.73. The van der Waals surface area contributed by atoms with Crippen molar-refractivity contribution in [3.05, 3.63) is 82.8 Å². The van der Waals surface area contributed by atoms with Gasteiger partial charge in [0.25, 0.3) is 0 Å². The highest BCUT2D eigenvalue weighted by Crippen LogP contribution is 2.30. The van der Waals surface area contributed by atoms with Gasteiger partial charge < -0.3 is 14.8 Å². The van der Waals surface area contributed by atoms with Crippen molar-refractivity contribution in [3.8, 4) is 22.6 Å². The summed E-state index contributed by atoms with van der Waals surface area (Å²) in [6, 6.07) is 24.4. The van der Waals surface area contributed by atoms with E-state index in [2.05, 4.69) is 51.6 Å². The quantitative estimate of drug-likeness (QED) is 0.510. The third-order valence-electron chi connectivity index (χ3n) is 3.95. The van der Waals surface area contributed by atoms with Gasteiger partial charge in [0.1, 0.15) is 24.7 Å². The molecular weight excluding hydrogens is 390 g/mol. The number of benzene rings is 3. The summed E-state index contributed by atoms with van der Waals surface area (Å²) in [7, 11) is 1.93. The molecule has 0 aliphatic heterocycles. The van der Waals surface area contributed by atoms with E-state index in [1.165, 1.54) is 5.56 Å². The van der Waals surface area contributed by atoms with Gasteiger partial charge in [-0.2, -0.15) is 0 Å². The lowest BCUT2D eigenvalue weighted by Gasteiger charge is -2.13. The number of halogens is 1. The Morgan fingerprint density at radius 1 is 0.808 bits per heavy atom. The van der Waals surface area contributed by atoms with E-state index in [0.29, 0.717) is 13.2 Å². The minimum Gasteiger partial charge on any atom is -0.489 e. The largest absolute Gasteiger partial charge is 0.489 e. The Kier molecular flexibility index (Phi) is 6.69. The molecule has 0 heterocycles. The van der Waals surface area contributed by atoms with Crippen molar-refractivity contribution in [3.63, 3.8) is 0 Å². The molecule has 0 aliphatic carbocycles. The molecule has 0 aromatic heterocycles. The first kappa shape index (κ1) is 18.5. The minimum atomic E-state index is 0.479. The molecule has 3 aromatic rings. The van der Waals surface area contributed by atoms with Gasteiger partial charge in [-0.15, -0.1) is 0 Å². The normalized spacial score (nSPS) is 10.5. The first-order chi connectivity index (χ1) is 12.8. The fourth-order valence-corrected chi connectivity index (χ4v) is 3.27. The van der Waals surface area contributed by atoms with Crippen LogP contribution in [0, 0.1) is 0 Å². The van der Waals surface area contributed by atoms with Crippen LogP contribution in [0.25, 0.3) is 11.1 Å². The van der Waals surface area contributed by atoms with Gasteiger partial charge in [0, 0.05) is 12.1 Å². The van der Waals surface area contributed by atoms with E-state index < -0.39 is 0 Å². The Hall–Kier alpha value is -2.30. The molecule has 0 saturated carbocycles. The molecule has 0 atom stereocenters. The van der Waals surface area contributed by atoms with Crippen molar-refractivity contribution in [2.45, 2.75) is 6.54 Å². The number of rotatable bonds is 8. The summed E-state index contributed by atoms with van der Waals surface area (Å²) >= 11 is 3.56. The molecule has 3 rings (SSSR count). The molecule has 26 heavy (non-hydrogen) atoms. The molecule has 0 aliphatic rings. The molecule has 0 amide bonds. The SMILES string of the molecule is CNCc1ccc(OCCOc2ccccc2-c2ccccc2)c(Br)c1. The van der Waals surface area contributed by atoms with Crippen LogP contribution < -0.4 is 14.8 Å².